The number of rotatable bonds is 3. The zero-order valence-corrected chi connectivity index (χ0v) is 10.2. The largest absolute Gasteiger partial charge is 0.321 e. The molecule has 1 aromatic carbocycles. The number of anilines is 1. The van der Waals surface area contributed by atoms with Crippen molar-refractivity contribution >= 4 is 17.3 Å². The minimum atomic E-state index is -0.493. The van der Waals surface area contributed by atoms with Crippen LogP contribution in [0.3, 0.4) is 0 Å². The number of pyridine rings is 1. The SMILES string of the molecule is Cc1ccc(C(=O)Nc2ccc([N+](=O)[O-])cc2)nc1. The number of nitro benzene ring substituents is 1. The molecule has 0 fully saturated rings. The number of carbonyl (C=O) groups excluding carboxylic acids is 1. The number of hydrogen-bond donors (Lipinski definition) is 1. The normalized spacial score (nSPS) is 9.95. The van der Waals surface area contributed by atoms with Crippen molar-refractivity contribution in [2.75, 3.05) is 5.32 Å². The average molecular weight is 257 g/mol. The summed E-state index contributed by atoms with van der Waals surface area (Å²) in [6.45, 7) is 1.88. The first-order chi connectivity index (χ1) is 9.06. The number of carbonyl (C=O) groups is 1. The summed E-state index contributed by atoms with van der Waals surface area (Å²) >= 11 is 0. The van der Waals surface area contributed by atoms with Crippen LogP contribution in [-0.4, -0.2) is 15.8 Å². The molecule has 2 aromatic rings. The molecule has 19 heavy (non-hydrogen) atoms. The molecule has 6 nitrogen and oxygen atoms in total. The summed E-state index contributed by atoms with van der Waals surface area (Å²) in [6.07, 6.45) is 1.60. The molecule has 0 aliphatic carbocycles. The highest BCUT2D eigenvalue weighted by Crippen LogP contribution is 2.15. The highest BCUT2D eigenvalue weighted by atomic mass is 16.6. The molecule has 0 radical (unpaired) electrons. The number of benzene rings is 1. The predicted molar refractivity (Wildman–Crippen MR) is 70.0 cm³/mol. The maximum atomic E-state index is 11.8. The van der Waals surface area contributed by atoms with E-state index in [2.05, 4.69) is 10.3 Å². The summed E-state index contributed by atoms with van der Waals surface area (Å²) in [4.78, 5) is 25.8. The second-order valence-corrected chi connectivity index (χ2v) is 3.98. The van der Waals surface area contributed by atoms with E-state index in [9.17, 15) is 14.9 Å². The van der Waals surface area contributed by atoms with Gasteiger partial charge in [0.15, 0.2) is 0 Å². The Labute approximate surface area is 109 Å². The molecule has 1 heterocycles. The number of aromatic nitrogens is 1. The highest BCUT2D eigenvalue weighted by molar-refractivity contribution is 6.02. The lowest BCUT2D eigenvalue weighted by molar-refractivity contribution is -0.384. The first-order valence-corrected chi connectivity index (χ1v) is 5.55. The van der Waals surface area contributed by atoms with Crippen molar-refractivity contribution in [1.29, 1.82) is 0 Å². The van der Waals surface area contributed by atoms with Crippen LogP contribution in [0.4, 0.5) is 11.4 Å². The lowest BCUT2D eigenvalue weighted by Crippen LogP contribution is -2.13. The molecule has 0 aliphatic heterocycles. The fourth-order valence-electron chi connectivity index (χ4n) is 1.46. The van der Waals surface area contributed by atoms with E-state index in [1.54, 1.807) is 18.3 Å². The zero-order valence-electron chi connectivity index (χ0n) is 10.2. The second-order valence-electron chi connectivity index (χ2n) is 3.98. The second kappa shape index (κ2) is 5.26. The van der Waals surface area contributed by atoms with E-state index in [1.807, 2.05) is 6.92 Å². The molecule has 1 N–H and O–H groups in total. The predicted octanol–water partition coefficient (Wildman–Crippen LogP) is 2.55. The van der Waals surface area contributed by atoms with Crippen LogP contribution in [0.15, 0.2) is 42.6 Å². The van der Waals surface area contributed by atoms with Crippen molar-refractivity contribution in [3.63, 3.8) is 0 Å². The van der Waals surface area contributed by atoms with Crippen LogP contribution in [0.25, 0.3) is 0 Å². The van der Waals surface area contributed by atoms with E-state index >= 15 is 0 Å². The Morgan fingerprint density at radius 1 is 1.21 bits per heavy atom. The van der Waals surface area contributed by atoms with Gasteiger partial charge in [-0.1, -0.05) is 6.07 Å². The maximum absolute atomic E-state index is 11.8. The van der Waals surface area contributed by atoms with Crippen molar-refractivity contribution in [2.24, 2.45) is 0 Å². The Balaban J connectivity index is 2.10. The van der Waals surface area contributed by atoms with Gasteiger partial charge in [0, 0.05) is 24.0 Å². The van der Waals surface area contributed by atoms with Gasteiger partial charge in [-0.15, -0.1) is 0 Å². The summed E-state index contributed by atoms with van der Waals surface area (Å²) in [7, 11) is 0. The van der Waals surface area contributed by atoms with Crippen LogP contribution < -0.4 is 5.32 Å². The van der Waals surface area contributed by atoms with E-state index in [-0.39, 0.29) is 11.6 Å². The van der Waals surface area contributed by atoms with Crippen molar-refractivity contribution in [2.45, 2.75) is 6.92 Å². The molecule has 0 unspecified atom stereocenters. The number of nitrogens with one attached hydrogen (secondary N) is 1. The van der Waals surface area contributed by atoms with Crippen LogP contribution >= 0.6 is 0 Å². The topological polar surface area (TPSA) is 85.1 Å². The summed E-state index contributed by atoms with van der Waals surface area (Å²) in [5.74, 6) is -0.353. The molecule has 0 bridgehead atoms. The van der Waals surface area contributed by atoms with Crippen LogP contribution in [0.2, 0.25) is 0 Å². The standard InChI is InChI=1S/C13H11N3O3/c1-9-2-7-12(14-8-9)13(17)15-10-3-5-11(6-4-10)16(18)19/h2-8H,1H3,(H,15,17). The third kappa shape index (κ3) is 3.12. The van der Waals surface area contributed by atoms with Gasteiger partial charge in [-0.05, 0) is 30.7 Å². The molecule has 2 rings (SSSR count). The van der Waals surface area contributed by atoms with Crippen LogP contribution in [0.5, 0.6) is 0 Å². The highest BCUT2D eigenvalue weighted by Gasteiger charge is 2.09. The van der Waals surface area contributed by atoms with E-state index in [0.717, 1.165) is 5.56 Å². The maximum Gasteiger partial charge on any atom is 0.274 e. The van der Waals surface area contributed by atoms with Gasteiger partial charge in [0.2, 0.25) is 0 Å². The third-order valence-electron chi connectivity index (χ3n) is 2.48. The van der Waals surface area contributed by atoms with E-state index in [1.165, 1.54) is 24.3 Å². The molecular weight excluding hydrogens is 246 g/mol. The van der Waals surface area contributed by atoms with Gasteiger partial charge in [0.25, 0.3) is 11.6 Å². The lowest BCUT2D eigenvalue weighted by atomic mass is 10.2. The Kier molecular flexibility index (Phi) is 3.51. The molecule has 1 aromatic heterocycles. The molecule has 1 amide bonds. The minimum absolute atomic E-state index is 0.0218. The van der Waals surface area contributed by atoms with Crippen molar-refractivity contribution in [3.8, 4) is 0 Å². The molecule has 0 saturated heterocycles. The van der Waals surface area contributed by atoms with Gasteiger partial charge >= 0.3 is 0 Å². The lowest BCUT2D eigenvalue weighted by Gasteiger charge is -2.04. The van der Waals surface area contributed by atoms with Crippen molar-refractivity contribution in [1.82, 2.24) is 4.98 Å². The smallest absolute Gasteiger partial charge is 0.274 e. The van der Waals surface area contributed by atoms with E-state index in [4.69, 9.17) is 0 Å². The fourth-order valence-corrected chi connectivity index (χ4v) is 1.46. The van der Waals surface area contributed by atoms with Gasteiger partial charge in [0.1, 0.15) is 5.69 Å². The quantitative estimate of drug-likeness (QED) is 0.676. The number of nitrogens with zero attached hydrogens (tertiary/aromatic N) is 2. The van der Waals surface area contributed by atoms with Gasteiger partial charge in [-0.3, -0.25) is 19.9 Å². The minimum Gasteiger partial charge on any atom is -0.321 e. The van der Waals surface area contributed by atoms with Gasteiger partial charge < -0.3 is 5.32 Å². The van der Waals surface area contributed by atoms with Gasteiger partial charge in [-0.2, -0.15) is 0 Å². The van der Waals surface area contributed by atoms with Crippen LogP contribution in [0, 0.1) is 17.0 Å². The Bertz CT molecular complexity index is 606. The molecule has 0 spiro atoms. The number of aryl methyl sites for hydroxylation is 1. The zero-order chi connectivity index (χ0) is 13.8. The van der Waals surface area contributed by atoms with E-state index < -0.39 is 4.92 Å². The first kappa shape index (κ1) is 12.7. The molecular formula is C13H11N3O3. The number of non-ortho nitro benzene ring substituents is 1. The Morgan fingerprint density at radius 2 is 1.89 bits per heavy atom. The average Bonchev–Trinajstić information content (AvgIpc) is 2.40. The molecule has 0 saturated carbocycles. The third-order valence-corrected chi connectivity index (χ3v) is 2.48. The molecule has 96 valence electrons. The molecule has 0 aliphatic rings. The van der Waals surface area contributed by atoms with Crippen molar-refractivity contribution < 1.29 is 9.72 Å². The first-order valence-electron chi connectivity index (χ1n) is 5.55. The van der Waals surface area contributed by atoms with E-state index in [0.29, 0.717) is 11.4 Å². The number of amides is 1. The summed E-state index contributed by atoms with van der Waals surface area (Å²) in [5, 5.41) is 13.1. The summed E-state index contributed by atoms with van der Waals surface area (Å²) in [5.41, 5.74) is 1.72. The summed E-state index contributed by atoms with van der Waals surface area (Å²) < 4.78 is 0. The Morgan fingerprint density at radius 3 is 2.42 bits per heavy atom. The van der Waals surface area contributed by atoms with Crippen LogP contribution in [-0.2, 0) is 0 Å². The van der Waals surface area contributed by atoms with Gasteiger partial charge in [0.05, 0.1) is 4.92 Å². The number of hydrogen-bond acceptors (Lipinski definition) is 4. The summed E-state index contributed by atoms with van der Waals surface area (Å²) in [6, 6.07) is 9.03. The van der Waals surface area contributed by atoms with Crippen LogP contribution in [0.1, 0.15) is 16.1 Å². The molecule has 0 atom stereocenters. The van der Waals surface area contributed by atoms with Gasteiger partial charge in [-0.25, -0.2) is 0 Å². The fraction of sp³-hybridized carbons (Fsp3) is 0.0769. The Hall–Kier alpha value is -2.76. The van der Waals surface area contributed by atoms with Crippen molar-refractivity contribution in [3.05, 3.63) is 64.0 Å². The number of nitro groups is 1. The monoisotopic (exact) mass is 257 g/mol. The molecule has 6 heteroatoms.